The number of benzene rings is 8. The third-order valence-corrected chi connectivity index (χ3v) is 37.3. The van der Waals surface area contributed by atoms with E-state index in [1.807, 2.05) is 125 Å². The third-order valence-electron chi connectivity index (χ3n) is 15.7. The van der Waals surface area contributed by atoms with E-state index >= 15 is 0 Å². The van der Waals surface area contributed by atoms with Crippen molar-refractivity contribution in [2.75, 3.05) is 119 Å². The molecule has 0 saturated heterocycles. The van der Waals surface area contributed by atoms with Crippen LogP contribution in [0.3, 0.4) is 0 Å². The highest BCUT2D eigenvalue weighted by Crippen LogP contribution is 2.55. The average molecular weight is 1480 g/mol. The van der Waals surface area contributed by atoms with Crippen LogP contribution in [0.2, 0.25) is 0 Å². The highest BCUT2D eigenvalue weighted by Gasteiger charge is 2.65. The van der Waals surface area contributed by atoms with Crippen molar-refractivity contribution < 1.29 is 79.7 Å². The van der Waals surface area contributed by atoms with E-state index in [1.165, 1.54) is 0 Å². The predicted molar refractivity (Wildman–Crippen MR) is 380 cm³/mol. The van der Waals surface area contributed by atoms with Gasteiger partial charge in [-0.25, -0.2) is 0 Å². The van der Waals surface area contributed by atoms with Crippen molar-refractivity contribution in [1.82, 2.24) is 0 Å². The zero-order chi connectivity index (χ0) is 65.4. The zero-order valence-corrected chi connectivity index (χ0v) is 65.5. The van der Waals surface area contributed by atoms with Crippen LogP contribution < -0.4 is 31.1 Å². The third kappa shape index (κ3) is 12.1. The van der Waals surface area contributed by atoms with Crippen LogP contribution >= 0.6 is 31.9 Å². The molecule has 8 aromatic rings. The standard InChI is InChI=1S/C64H96Br2O18Si6/c1-19-67-85(68-20-2,69-21-3)59-46-42-41-45-43-39-37-38-40-44(43)49-50-47(45)48(46)51-53-52(50)54(58(66)57(49)65)60(86(70-22-4,71-23-5)72-24-6)62(88(76-28-10,77-29-11)78-30-12)56(53)64(90(82-34-16,83-35-17)84-36-18)63(89(79-31-13,80-32-14)81-33-15)55(51)61(59)87(73-25-7,74-26-8)75-27-9/h37-42H,19-36H2,1-18H3. The zero-order valence-electron chi connectivity index (χ0n) is 56.3. The summed E-state index contributed by atoms with van der Waals surface area (Å²) in [5.41, 5.74) is 0. The van der Waals surface area contributed by atoms with Gasteiger partial charge in [-0.1, -0.05) is 36.4 Å². The fourth-order valence-electron chi connectivity index (χ4n) is 13.7. The first-order valence-electron chi connectivity index (χ1n) is 32.7. The predicted octanol–water partition coefficient (Wildman–Crippen LogP) is 11.1. The van der Waals surface area contributed by atoms with Crippen molar-refractivity contribution >= 4 is 191 Å². The Bertz CT molecular complexity index is 3550. The van der Waals surface area contributed by atoms with Gasteiger partial charge < -0.3 is 79.7 Å². The minimum absolute atomic E-state index is 0.145. The van der Waals surface area contributed by atoms with Crippen molar-refractivity contribution in [3.05, 3.63) is 45.3 Å². The van der Waals surface area contributed by atoms with E-state index < -0.39 is 52.8 Å². The van der Waals surface area contributed by atoms with Crippen LogP contribution in [-0.4, -0.2) is 172 Å². The topological polar surface area (TPSA) is 166 Å². The summed E-state index contributed by atoms with van der Waals surface area (Å²) in [6, 6.07) is 13.0. The van der Waals surface area contributed by atoms with Crippen LogP contribution in [0.1, 0.15) is 125 Å². The molecule has 498 valence electrons. The van der Waals surface area contributed by atoms with E-state index in [1.54, 1.807) is 0 Å². The van der Waals surface area contributed by atoms with Crippen LogP contribution in [0, 0.1) is 0 Å². The first-order chi connectivity index (χ1) is 43.6. The van der Waals surface area contributed by atoms with Gasteiger partial charge in [-0.15, -0.1) is 0 Å². The maximum Gasteiger partial charge on any atom is 0.538 e. The summed E-state index contributed by atoms with van der Waals surface area (Å²) in [5.74, 6) is 0. The monoisotopic (exact) mass is 1480 g/mol. The normalized spacial score (nSPS) is 13.6. The Labute approximate surface area is 556 Å². The molecular formula is C64H96Br2O18Si6. The molecule has 0 spiro atoms. The molecule has 0 unspecified atom stereocenters. The van der Waals surface area contributed by atoms with Crippen molar-refractivity contribution in [3.63, 3.8) is 0 Å². The molecule has 0 saturated carbocycles. The molecule has 0 heterocycles. The van der Waals surface area contributed by atoms with E-state index in [9.17, 15) is 0 Å². The first kappa shape index (κ1) is 73.7. The number of hydrogen-bond donors (Lipinski definition) is 0. The van der Waals surface area contributed by atoms with Gasteiger partial charge in [0.15, 0.2) is 0 Å². The molecule has 18 nitrogen and oxygen atoms in total. The first-order valence-corrected chi connectivity index (χ1v) is 44.6. The summed E-state index contributed by atoms with van der Waals surface area (Å²) in [6.07, 6.45) is 0. The summed E-state index contributed by atoms with van der Waals surface area (Å²) >= 11 is 8.80. The molecule has 0 bridgehead atoms. The molecule has 0 aliphatic carbocycles. The fraction of sp³-hybridized carbons (Fsp3) is 0.562. The molecule has 90 heavy (non-hydrogen) atoms. The van der Waals surface area contributed by atoms with Crippen LogP contribution in [0.25, 0.3) is 75.4 Å². The molecule has 0 aliphatic heterocycles. The Hall–Kier alpha value is -2.10. The second-order valence-corrected chi connectivity index (χ2v) is 36.9. The van der Waals surface area contributed by atoms with Crippen molar-refractivity contribution in [3.8, 4) is 0 Å². The molecule has 0 radical (unpaired) electrons. The van der Waals surface area contributed by atoms with Crippen LogP contribution in [0.4, 0.5) is 0 Å². The van der Waals surface area contributed by atoms with Crippen molar-refractivity contribution in [2.45, 2.75) is 125 Å². The number of rotatable bonds is 42. The van der Waals surface area contributed by atoms with Gasteiger partial charge in [-0.2, -0.15) is 0 Å². The second kappa shape index (κ2) is 31.8. The molecular weight excluding hydrogens is 1390 g/mol. The van der Waals surface area contributed by atoms with E-state index in [4.69, 9.17) is 79.7 Å². The van der Waals surface area contributed by atoms with Gasteiger partial charge >= 0.3 is 52.8 Å². The molecule has 0 aliphatic rings. The van der Waals surface area contributed by atoms with Gasteiger partial charge in [0.25, 0.3) is 0 Å². The van der Waals surface area contributed by atoms with Gasteiger partial charge in [0.2, 0.25) is 0 Å². The van der Waals surface area contributed by atoms with Crippen LogP contribution in [-0.2, 0) is 79.7 Å². The largest absolute Gasteiger partial charge is 0.538 e. The molecule has 26 heteroatoms. The Balaban J connectivity index is 2.16. The SMILES string of the molecule is CCO[Si](OCC)(OCC)c1c([Si](OCC)(OCC)OCC)c2c([Si](OCC)(OCC)OCC)c([Si](OCC)(OCC)OCC)c3c([Si](OCC)(OCC)OCC)c([Si](OCC)(OCC)OCC)c4c(Br)c(Br)c5c6ccccc6c6ccc1c1c2c3c4c5c61. The minimum atomic E-state index is -4.66. The van der Waals surface area contributed by atoms with Gasteiger partial charge in [-0.3, -0.25) is 0 Å². The Kier molecular flexibility index (Phi) is 26.1. The molecule has 0 fully saturated rings. The van der Waals surface area contributed by atoms with E-state index in [0.717, 1.165) is 69.1 Å². The van der Waals surface area contributed by atoms with Crippen LogP contribution in [0.15, 0.2) is 45.3 Å². The summed E-state index contributed by atoms with van der Waals surface area (Å²) in [5, 5.41) is 15.1. The Morgan fingerprint density at radius 2 is 0.389 bits per heavy atom. The van der Waals surface area contributed by atoms with Crippen molar-refractivity contribution in [2.24, 2.45) is 0 Å². The Morgan fingerprint density at radius 3 is 0.689 bits per heavy atom. The maximum absolute atomic E-state index is 7.57. The summed E-state index contributed by atoms with van der Waals surface area (Å²) in [6.45, 7) is 38.6. The average Bonchev–Trinajstić information content (AvgIpc) is 0.645. The number of halogens is 2. The van der Waals surface area contributed by atoms with E-state index in [-0.39, 0.29) is 119 Å². The highest BCUT2D eigenvalue weighted by atomic mass is 79.9. The summed E-state index contributed by atoms with van der Waals surface area (Å²) in [7, 11) is -27.0. The summed E-state index contributed by atoms with van der Waals surface area (Å²) in [4.78, 5) is 0. The minimum Gasteiger partial charge on any atom is -0.370 e. The number of fused-ring (bicyclic) bond motifs is 3. The quantitative estimate of drug-likeness (QED) is 0.0201. The molecule has 8 aromatic carbocycles. The lowest BCUT2D eigenvalue weighted by Gasteiger charge is -2.43. The molecule has 0 amide bonds. The van der Waals surface area contributed by atoms with E-state index in [2.05, 4.69) is 68.3 Å². The number of hydrogen-bond acceptors (Lipinski definition) is 18. The van der Waals surface area contributed by atoms with Gasteiger partial charge in [0, 0.05) is 181 Å². The lowest BCUT2D eigenvalue weighted by atomic mass is 9.81. The molecule has 0 N–H and O–H groups in total. The van der Waals surface area contributed by atoms with Gasteiger partial charge in [-0.05, 0) is 210 Å². The lowest BCUT2D eigenvalue weighted by molar-refractivity contribution is 0.0800. The fourth-order valence-corrected chi connectivity index (χ4v) is 35.0. The Morgan fingerprint density at radius 1 is 0.200 bits per heavy atom. The van der Waals surface area contributed by atoms with Crippen molar-refractivity contribution in [1.29, 1.82) is 0 Å². The molecule has 8 rings (SSSR count). The summed E-state index contributed by atoms with van der Waals surface area (Å²) < 4.78 is 136. The molecule has 0 atom stereocenters. The smallest absolute Gasteiger partial charge is 0.370 e. The van der Waals surface area contributed by atoms with Gasteiger partial charge in [0.05, 0.1) is 0 Å². The molecule has 0 aromatic heterocycles. The maximum atomic E-state index is 7.57. The lowest BCUT2D eigenvalue weighted by Crippen LogP contribution is -2.76. The highest BCUT2D eigenvalue weighted by molar-refractivity contribution is 9.13. The van der Waals surface area contributed by atoms with Crippen LogP contribution in [0.5, 0.6) is 0 Å². The second-order valence-electron chi connectivity index (χ2n) is 20.5. The van der Waals surface area contributed by atoms with E-state index in [0.29, 0.717) is 46.4 Å². The van der Waals surface area contributed by atoms with Gasteiger partial charge in [0.1, 0.15) is 0 Å².